The second kappa shape index (κ2) is 12.7. The Morgan fingerprint density at radius 1 is 1.06 bits per heavy atom. The van der Waals surface area contributed by atoms with E-state index in [0.29, 0.717) is 24.0 Å². The molecule has 1 aromatic carbocycles. The van der Waals surface area contributed by atoms with E-state index in [4.69, 9.17) is 24.2 Å². The lowest BCUT2D eigenvalue weighted by Crippen LogP contribution is -2.39. The van der Waals surface area contributed by atoms with Crippen molar-refractivity contribution in [2.24, 2.45) is 16.4 Å². The number of likely N-dealkylation sites (tertiary alicyclic amines) is 1. The van der Waals surface area contributed by atoms with Crippen molar-refractivity contribution in [1.29, 1.82) is 0 Å². The summed E-state index contributed by atoms with van der Waals surface area (Å²) in [5, 5.41) is 6.75. The molecule has 0 spiro atoms. The van der Waals surface area contributed by atoms with Crippen LogP contribution in [-0.4, -0.2) is 80.7 Å². The number of benzene rings is 1. The molecule has 6 heterocycles. The number of hydrogen-bond donors (Lipinski definition) is 0. The molecule has 10 heteroatoms. The van der Waals surface area contributed by atoms with Crippen LogP contribution in [0, 0.1) is 11.3 Å². The summed E-state index contributed by atoms with van der Waals surface area (Å²) in [6, 6.07) is 12.1. The number of imidazole rings is 1. The summed E-state index contributed by atoms with van der Waals surface area (Å²) < 4.78 is 20.0. The van der Waals surface area contributed by atoms with Crippen molar-refractivity contribution in [2.45, 2.75) is 96.6 Å². The number of carbonyl (C=O) groups is 1. The van der Waals surface area contributed by atoms with E-state index >= 15 is 0 Å². The summed E-state index contributed by atoms with van der Waals surface area (Å²) in [5.74, 6) is 2.49. The zero-order valence-corrected chi connectivity index (χ0v) is 29.2. The molecule has 0 bridgehead atoms. The van der Waals surface area contributed by atoms with Crippen LogP contribution in [0.2, 0.25) is 0 Å². The molecule has 0 radical (unpaired) electrons. The van der Waals surface area contributed by atoms with E-state index in [1.807, 2.05) is 45.0 Å². The quantitative estimate of drug-likeness (QED) is 0.228. The molecule has 49 heavy (non-hydrogen) atoms. The van der Waals surface area contributed by atoms with Gasteiger partial charge in [0.15, 0.2) is 0 Å². The first-order valence-electron chi connectivity index (χ1n) is 18.0. The van der Waals surface area contributed by atoms with Crippen LogP contribution in [0.4, 0.5) is 0 Å². The van der Waals surface area contributed by atoms with E-state index in [1.165, 1.54) is 18.4 Å². The van der Waals surface area contributed by atoms with Crippen LogP contribution in [0.25, 0.3) is 11.0 Å². The maximum atomic E-state index is 12.9. The summed E-state index contributed by atoms with van der Waals surface area (Å²) in [6.45, 7) is 12.7. The first-order valence-corrected chi connectivity index (χ1v) is 18.0. The van der Waals surface area contributed by atoms with Gasteiger partial charge in [0.2, 0.25) is 5.88 Å². The lowest BCUT2D eigenvalue weighted by atomic mass is 9.78. The van der Waals surface area contributed by atoms with Gasteiger partial charge in [0, 0.05) is 42.1 Å². The topological polar surface area (TPSA) is 94.3 Å². The van der Waals surface area contributed by atoms with Crippen LogP contribution in [0.1, 0.15) is 87.6 Å². The Bertz CT molecular complexity index is 1810. The van der Waals surface area contributed by atoms with Crippen molar-refractivity contribution in [3.05, 3.63) is 77.4 Å². The fraction of sp³-hybridized carbons (Fsp3) is 0.538. The van der Waals surface area contributed by atoms with E-state index in [-0.39, 0.29) is 23.5 Å². The zero-order chi connectivity index (χ0) is 33.8. The summed E-state index contributed by atoms with van der Waals surface area (Å²) in [6.07, 6.45) is 14.5. The largest absolute Gasteiger partial charge is 0.473 e. The van der Waals surface area contributed by atoms with E-state index in [2.05, 4.69) is 63.2 Å². The van der Waals surface area contributed by atoms with E-state index in [9.17, 15) is 4.79 Å². The highest BCUT2D eigenvalue weighted by Crippen LogP contribution is 2.51. The summed E-state index contributed by atoms with van der Waals surface area (Å²) in [5.41, 5.74) is 4.22. The third-order valence-corrected chi connectivity index (χ3v) is 10.8. The minimum Gasteiger partial charge on any atom is -0.473 e. The predicted molar refractivity (Wildman–Crippen MR) is 188 cm³/mol. The normalized spacial score (nSPS) is 25.7. The second-order valence-electron chi connectivity index (χ2n) is 15.6. The van der Waals surface area contributed by atoms with E-state index in [0.717, 1.165) is 80.5 Å². The smallest absolute Gasteiger partial charge is 0.338 e. The Kier molecular flexibility index (Phi) is 8.35. The Hall–Kier alpha value is -4.02. The lowest BCUT2D eigenvalue weighted by Gasteiger charge is -2.33. The number of piperidine rings is 1. The van der Waals surface area contributed by atoms with Gasteiger partial charge in [0.1, 0.15) is 18.0 Å². The molecule has 2 unspecified atom stereocenters. The highest BCUT2D eigenvalue weighted by Gasteiger charge is 2.50. The molecule has 1 aliphatic carbocycles. The van der Waals surface area contributed by atoms with Crippen molar-refractivity contribution in [3.8, 4) is 5.88 Å². The van der Waals surface area contributed by atoms with Crippen LogP contribution < -0.4 is 4.74 Å². The number of ether oxygens (including phenoxy) is 3. The molecule has 4 aliphatic heterocycles. The zero-order valence-electron chi connectivity index (χ0n) is 29.2. The van der Waals surface area contributed by atoms with Crippen LogP contribution in [0.15, 0.2) is 65.4 Å². The molecule has 10 nitrogen and oxygen atoms in total. The second-order valence-corrected chi connectivity index (χ2v) is 15.6. The maximum absolute atomic E-state index is 12.9. The average molecular weight is 665 g/mol. The number of esters is 1. The minimum atomic E-state index is -0.552. The molecule has 3 aromatic rings. The van der Waals surface area contributed by atoms with Gasteiger partial charge in [-0.05, 0) is 108 Å². The number of aromatic nitrogens is 3. The third kappa shape index (κ3) is 6.77. The first kappa shape index (κ1) is 32.2. The molecule has 8 rings (SSSR count). The van der Waals surface area contributed by atoms with Gasteiger partial charge in [-0.15, -0.1) is 0 Å². The first-order chi connectivity index (χ1) is 23.6. The SMILES string of the molecule is CC(C)(C)OC(=O)c1ccc2nc(CN3CCC(c4cccc(OCC5=CC6N(C=C5)N=CC6(C)C5CC5)n4)CC3)n(C[C@@H]3CCO3)c2c1. The van der Waals surface area contributed by atoms with E-state index < -0.39 is 5.60 Å². The van der Waals surface area contributed by atoms with Gasteiger partial charge in [-0.1, -0.05) is 19.1 Å². The van der Waals surface area contributed by atoms with Gasteiger partial charge < -0.3 is 18.8 Å². The summed E-state index contributed by atoms with van der Waals surface area (Å²) >= 11 is 0. The molecular formula is C39H48N6O4. The molecule has 2 aromatic heterocycles. The van der Waals surface area contributed by atoms with Gasteiger partial charge >= 0.3 is 5.97 Å². The third-order valence-electron chi connectivity index (χ3n) is 10.8. The van der Waals surface area contributed by atoms with Gasteiger partial charge in [0.25, 0.3) is 0 Å². The number of rotatable bonds is 10. The molecule has 0 N–H and O–H groups in total. The number of hydrogen-bond acceptors (Lipinski definition) is 9. The molecule has 0 amide bonds. The van der Waals surface area contributed by atoms with Gasteiger partial charge in [-0.2, -0.15) is 5.10 Å². The molecular weight excluding hydrogens is 616 g/mol. The lowest BCUT2D eigenvalue weighted by molar-refractivity contribution is -0.0592. The highest BCUT2D eigenvalue weighted by molar-refractivity contribution is 5.94. The van der Waals surface area contributed by atoms with Gasteiger partial charge in [0.05, 0.1) is 41.8 Å². The molecule has 5 aliphatic rings. The van der Waals surface area contributed by atoms with Crippen molar-refractivity contribution in [2.75, 3.05) is 26.3 Å². The Morgan fingerprint density at radius 2 is 1.88 bits per heavy atom. The van der Waals surface area contributed by atoms with Gasteiger partial charge in [-0.3, -0.25) is 9.91 Å². The number of carbonyl (C=O) groups excluding carboxylic acids is 1. The van der Waals surface area contributed by atoms with Crippen molar-refractivity contribution in [1.82, 2.24) is 24.4 Å². The Morgan fingerprint density at radius 3 is 2.61 bits per heavy atom. The van der Waals surface area contributed by atoms with Crippen LogP contribution in [0.3, 0.4) is 0 Å². The highest BCUT2D eigenvalue weighted by atomic mass is 16.6. The van der Waals surface area contributed by atoms with Crippen LogP contribution >= 0.6 is 0 Å². The monoisotopic (exact) mass is 664 g/mol. The number of fused-ring (bicyclic) bond motifs is 2. The van der Waals surface area contributed by atoms with Crippen molar-refractivity contribution >= 4 is 23.2 Å². The summed E-state index contributed by atoms with van der Waals surface area (Å²) in [4.78, 5) is 25.4. The number of nitrogens with zero attached hydrogens (tertiary/aromatic N) is 6. The number of hydrazone groups is 1. The predicted octanol–water partition coefficient (Wildman–Crippen LogP) is 6.47. The maximum Gasteiger partial charge on any atom is 0.338 e. The number of pyridine rings is 1. The minimum absolute atomic E-state index is 0.103. The molecule has 3 atom stereocenters. The fourth-order valence-corrected chi connectivity index (χ4v) is 7.67. The van der Waals surface area contributed by atoms with Crippen molar-refractivity contribution < 1.29 is 19.0 Å². The standard InChI is InChI=1S/C39H48N6O4/c1-38(2,3)49-37(46)28-8-11-32-33(21-28)44(22-30-15-19-47-30)35(41-32)23-43-16-13-27(14-17-43)31-6-5-7-36(42-31)48-24-26-12-18-45-34(20-26)39(4,25-40-45)29-9-10-29/h5-8,11-12,18,20-21,25,27,29-30,34H,9-10,13-17,19,22-24H2,1-4H3/t30-,34?,39?/m0/s1. The Balaban J connectivity index is 0.903. The van der Waals surface area contributed by atoms with Crippen LogP contribution in [-0.2, 0) is 22.6 Å². The molecule has 2 saturated heterocycles. The molecule has 1 saturated carbocycles. The average Bonchev–Trinajstić information content (AvgIpc) is 3.80. The van der Waals surface area contributed by atoms with E-state index in [1.54, 1.807) is 0 Å². The van der Waals surface area contributed by atoms with Gasteiger partial charge in [-0.25, -0.2) is 14.8 Å². The summed E-state index contributed by atoms with van der Waals surface area (Å²) in [7, 11) is 0. The van der Waals surface area contributed by atoms with Crippen molar-refractivity contribution in [3.63, 3.8) is 0 Å². The van der Waals surface area contributed by atoms with Crippen LogP contribution in [0.5, 0.6) is 5.88 Å². The Labute approximate surface area is 288 Å². The molecule has 258 valence electrons. The molecule has 3 fully saturated rings. The fourth-order valence-electron chi connectivity index (χ4n) is 7.67.